The molecule has 0 aromatic carbocycles. The topological polar surface area (TPSA) is 296 Å². The Morgan fingerprint density at radius 2 is 0.800 bits per heavy atom. The van der Waals surface area contributed by atoms with Crippen LogP contribution in [0.25, 0.3) is 0 Å². The summed E-state index contributed by atoms with van der Waals surface area (Å²) in [6.07, 6.45) is 0. The van der Waals surface area contributed by atoms with Gasteiger partial charge in [0, 0.05) is 5.97 Å². The molecule has 0 aliphatic rings. The van der Waals surface area contributed by atoms with Gasteiger partial charge in [0.05, 0.1) is 11.9 Å². The Bertz CT molecular complexity index is 145. The van der Waals surface area contributed by atoms with Crippen molar-refractivity contribution < 1.29 is 35.2 Å². The normalized spacial score (nSPS) is 4.60. The number of hydrogen-bond acceptors (Lipinski definition) is 7. The van der Waals surface area contributed by atoms with Crippen molar-refractivity contribution in [2.24, 2.45) is 0 Å². The van der Waals surface area contributed by atoms with E-state index in [9.17, 15) is 0 Å². The van der Waals surface area contributed by atoms with Crippen LogP contribution in [0.1, 0.15) is 6.92 Å². The van der Waals surface area contributed by atoms with Crippen molar-refractivity contribution in [1.29, 1.82) is 0 Å². The first-order valence-corrected chi connectivity index (χ1v) is 1.97. The molecule has 15 heavy (non-hydrogen) atoms. The number of carbonyl (C=O) groups is 3. The SMILES string of the molecule is CC(=O)[O-].O=C([O-])C(=O)[O-].[NH4+].[NH4+].[NH4+].[NH4+].[OH-]. The van der Waals surface area contributed by atoms with Gasteiger partial charge in [0.15, 0.2) is 0 Å². The summed E-state index contributed by atoms with van der Waals surface area (Å²) in [7, 11) is 0. The fraction of sp³-hybridized carbons (Fsp3) is 0.250. The smallest absolute Gasteiger partial charge is 0.0870 e. The van der Waals surface area contributed by atoms with E-state index >= 15 is 0 Å². The summed E-state index contributed by atoms with van der Waals surface area (Å²) in [6, 6.07) is 0. The maximum atomic E-state index is 8.93. The van der Waals surface area contributed by atoms with Crippen LogP contribution in [0.4, 0.5) is 0 Å². The van der Waals surface area contributed by atoms with Crippen LogP contribution in [0.3, 0.4) is 0 Å². The molecule has 17 N–H and O–H groups in total. The summed E-state index contributed by atoms with van der Waals surface area (Å²) in [5.74, 6) is -5.45. The first-order valence-electron chi connectivity index (χ1n) is 1.97. The van der Waals surface area contributed by atoms with E-state index in [1.807, 2.05) is 0 Å². The van der Waals surface area contributed by atoms with Crippen molar-refractivity contribution in [3.63, 3.8) is 0 Å². The zero-order valence-corrected chi connectivity index (χ0v) is 9.40. The fourth-order valence-corrected chi connectivity index (χ4v) is 0. The van der Waals surface area contributed by atoms with Crippen LogP contribution in [0.2, 0.25) is 0 Å². The van der Waals surface area contributed by atoms with Crippen LogP contribution in [0.15, 0.2) is 0 Å². The lowest BCUT2D eigenvalue weighted by molar-refractivity contribution is -0.345. The third-order valence-corrected chi connectivity index (χ3v) is 0.167. The molecule has 0 bridgehead atoms. The number of carboxylic acid groups (broad SMARTS) is 3. The first kappa shape index (κ1) is 51.1. The van der Waals surface area contributed by atoms with E-state index in [1.165, 1.54) is 0 Å². The van der Waals surface area contributed by atoms with Crippen molar-refractivity contribution in [1.82, 2.24) is 24.6 Å². The van der Waals surface area contributed by atoms with E-state index in [1.54, 1.807) is 0 Å². The van der Waals surface area contributed by atoms with Gasteiger partial charge in [-0.3, -0.25) is 0 Å². The lowest BCUT2D eigenvalue weighted by Crippen LogP contribution is -2.42. The second-order valence-corrected chi connectivity index (χ2v) is 1.07. The van der Waals surface area contributed by atoms with Crippen LogP contribution in [0.5, 0.6) is 0 Å². The maximum Gasteiger partial charge on any atom is 0.0870 e. The molecule has 11 nitrogen and oxygen atoms in total. The van der Waals surface area contributed by atoms with Gasteiger partial charge < -0.3 is 59.8 Å². The Hall–Kier alpha value is -1.79. The van der Waals surface area contributed by atoms with Crippen molar-refractivity contribution >= 4 is 17.9 Å². The van der Waals surface area contributed by atoms with E-state index in [0.29, 0.717) is 0 Å². The maximum absolute atomic E-state index is 8.93. The summed E-state index contributed by atoms with van der Waals surface area (Å²) >= 11 is 0. The summed E-state index contributed by atoms with van der Waals surface area (Å²) in [4.78, 5) is 26.7. The monoisotopic (exact) mass is 236 g/mol. The highest BCUT2D eigenvalue weighted by atomic mass is 16.4. The molecular weight excluding hydrogens is 216 g/mol. The predicted molar refractivity (Wildman–Crippen MR) is 46.6 cm³/mol. The van der Waals surface area contributed by atoms with Crippen LogP contribution in [-0.4, -0.2) is 23.4 Å². The highest BCUT2D eigenvalue weighted by Crippen LogP contribution is 1.41. The lowest BCUT2D eigenvalue weighted by Gasteiger charge is -1.97. The van der Waals surface area contributed by atoms with Crippen molar-refractivity contribution in [3.8, 4) is 0 Å². The second-order valence-electron chi connectivity index (χ2n) is 1.07. The predicted octanol–water partition coefficient (Wildman–Crippen LogP) is -3.43. The Morgan fingerprint density at radius 3 is 0.800 bits per heavy atom. The van der Waals surface area contributed by atoms with Gasteiger partial charge in [-0.2, -0.15) is 0 Å². The van der Waals surface area contributed by atoms with Gasteiger partial charge in [-0.05, 0) is 6.92 Å². The second kappa shape index (κ2) is 29.5. The molecule has 0 aromatic rings. The largest absolute Gasteiger partial charge is 0.870 e. The van der Waals surface area contributed by atoms with Gasteiger partial charge >= 0.3 is 0 Å². The van der Waals surface area contributed by atoms with Gasteiger partial charge in [-0.1, -0.05) is 0 Å². The fourth-order valence-electron chi connectivity index (χ4n) is 0. The number of hydrogen-bond donors (Lipinski definition) is 4. The van der Waals surface area contributed by atoms with E-state index in [2.05, 4.69) is 0 Å². The Labute approximate surface area is 85.7 Å². The van der Waals surface area contributed by atoms with Gasteiger partial charge in [0.2, 0.25) is 0 Å². The number of aliphatic carboxylic acids is 3. The van der Waals surface area contributed by atoms with E-state index < -0.39 is 17.9 Å². The van der Waals surface area contributed by atoms with Crippen molar-refractivity contribution in [3.05, 3.63) is 0 Å². The van der Waals surface area contributed by atoms with Crippen LogP contribution in [0, 0.1) is 0 Å². The molecule has 11 heteroatoms. The Kier molecular flexibility index (Phi) is 100. The highest BCUT2D eigenvalue weighted by molar-refractivity contribution is 6.25. The van der Waals surface area contributed by atoms with E-state index in [4.69, 9.17) is 29.7 Å². The molecular formula is C4H20N4O7. The number of rotatable bonds is 0. The van der Waals surface area contributed by atoms with Gasteiger partial charge in [0.1, 0.15) is 0 Å². The summed E-state index contributed by atoms with van der Waals surface area (Å²) in [5.41, 5.74) is 0. The molecule has 0 aliphatic heterocycles. The standard InChI is InChI=1S/C2H2O4.C2H4O2.4H3N.H2O/c3-1(4)2(5)6;1-2(3)4;;;;;/h(H,3,4)(H,5,6);1H3,(H,3,4);4*1H3;1H2. The summed E-state index contributed by atoms with van der Waals surface area (Å²) in [5, 5.41) is 26.7. The minimum atomic E-state index is -2.19. The molecule has 0 heterocycles. The molecule has 0 saturated carbocycles. The van der Waals surface area contributed by atoms with Crippen molar-refractivity contribution in [2.45, 2.75) is 6.92 Å². The van der Waals surface area contributed by atoms with Gasteiger partial charge in [-0.15, -0.1) is 0 Å². The number of carbonyl (C=O) groups excluding carboxylic acids is 3. The molecule has 98 valence electrons. The average molecular weight is 236 g/mol. The third-order valence-electron chi connectivity index (χ3n) is 0.167. The van der Waals surface area contributed by atoms with Crippen LogP contribution < -0.4 is 39.9 Å². The zero-order valence-electron chi connectivity index (χ0n) is 9.40. The Balaban J connectivity index is -0.0000000133. The molecule has 0 atom stereocenters. The minimum Gasteiger partial charge on any atom is -0.870 e. The molecule has 0 amide bonds. The van der Waals surface area contributed by atoms with Gasteiger partial charge in [-0.25, -0.2) is 0 Å². The molecule has 0 radical (unpaired) electrons. The van der Waals surface area contributed by atoms with E-state index in [0.717, 1.165) is 6.92 Å². The number of carboxylic acids is 3. The highest BCUT2D eigenvalue weighted by Gasteiger charge is 1.74. The van der Waals surface area contributed by atoms with E-state index in [-0.39, 0.29) is 30.1 Å². The Morgan fingerprint density at radius 1 is 0.733 bits per heavy atom. The van der Waals surface area contributed by atoms with Crippen LogP contribution >= 0.6 is 0 Å². The number of quaternary nitrogens is 4. The zero-order chi connectivity index (χ0) is 8.73. The lowest BCUT2D eigenvalue weighted by atomic mass is 10.7. The molecule has 0 saturated heterocycles. The third kappa shape index (κ3) is 261. The molecule has 0 spiro atoms. The molecule has 0 fully saturated rings. The average Bonchev–Trinajstić information content (AvgIpc) is 1.63. The molecule has 0 unspecified atom stereocenters. The molecule has 0 rings (SSSR count). The van der Waals surface area contributed by atoms with Crippen molar-refractivity contribution in [2.75, 3.05) is 0 Å². The summed E-state index contributed by atoms with van der Waals surface area (Å²) in [6.45, 7) is 0.972. The minimum absolute atomic E-state index is 0. The van der Waals surface area contributed by atoms with Crippen LogP contribution in [-0.2, 0) is 14.4 Å². The van der Waals surface area contributed by atoms with Gasteiger partial charge in [0.25, 0.3) is 0 Å². The first-order chi connectivity index (χ1) is 4.37. The molecule has 0 aromatic heterocycles. The summed E-state index contributed by atoms with van der Waals surface area (Å²) < 4.78 is 0. The molecule has 0 aliphatic carbocycles. The quantitative estimate of drug-likeness (QED) is 0.308.